The van der Waals surface area contributed by atoms with E-state index in [2.05, 4.69) is 15.6 Å². The van der Waals surface area contributed by atoms with Crippen molar-refractivity contribution >= 4 is 46.3 Å². The first kappa shape index (κ1) is 46.9. The summed E-state index contributed by atoms with van der Waals surface area (Å²) in [5, 5.41) is 5.71. The second kappa shape index (κ2) is 19.7. The minimum Gasteiger partial charge on any atom is -0.378 e. The molecule has 352 valence electrons. The molecule has 6 aromatic rings. The number of amides is 3. The van der Waals surface area contributed by atoms with Crippen LogP contribution in [0, 0.1) is 6.92 Å². The second-order valence-corrected chi connectivity index (χ2v) is 16.8. The number of hydrogen-bond acceptors (Lipinski definition) is 10. The third-order valence-electron chi connectivity index (χ3n) is 11.9. The van der Waals surface area contributed by atoms with Gasteiger partial charge in [-0.2, -0.15) is 13.2 Å². The highest BCUT2D eigenvalue weighted by Gasteiger charge is 2.31. The van der Waals surface area contributed by atoms with E-state index in [9.17, 15) is 37.1 Å². The molecule has 0 bridgehead atoms. The van der Waals surface area contributed by atoms with E-state index in [4.69, 9.17) is 9.47 Å². The van der Waals surface area contributed by atoms with Crippen molar-refractivity contribution in [3.8, 4) is 22.3 Å². The summed E-state index contributed by atoms with van der Waals surface area (Å²) < 4.78 is 54.4. The zero-order valence-electron chi connectivity index (χ0n) is 37.9. The summed E-state index contributed by atoms with van der Waals surface area (Å²) in [6.07, 6.45) is 0.616. The fourth-order valence-corrected chi connectivity index (χ4v) is 8.21. The fourth-order valence-electron chi connectivity index (χ4n) is 8.21. The topological polar surface area (TPSA) is 160 Å². The van der Waals surface area contributed by atoms with Crippen LogP contribution in [-0.4, -0.2) is 92.0 Å². The van der Waals surface area contributed by atoms with Gasteiger partial charge in [-0.25, -0.2) is 4.98 Å². The standard InChI is InChI=1S/C50H49F3N8O7/c1-31-8-10-38(55-46(63)33-6-5-7-37(22-33)50(51,52)53)26-40(31)36-24-43(61-18-21-68-30-45(61)62)49(66)60(29-36)15-13-32-9-11-39(56-47(64)34-12-14-54-44(25-34)57(2)3)27-41(32)35-23-42(48(65)58(4)28-35)59-16-19-67-20-17-59/h5-12,14,22-29H,13,15-21,30H2,1-4H3,(H,55,63)(H,56,64). The van der Waals surface area contributed by atoms with Gasteiger partial charge in [0.05, 0.1) is 25.4 Å². The van der Waals surface area contributed by atoms with Gasteiger partial charge in [-0.1, -0.05) is 18.2 Å². The van der Waals surface area contributed by atoms with Crippen LogP contribution in [-0.2, 0) is 40.5 Å². The number of nitrogens with zero attached hydrogens (tertiary/aromatic N) is 6. The number of alkyl halides is 3. The third-order valence-corrected chi connectivity index (χ3v) is 11.9. The van der Waals surface area contributed by atoms with Gasteiger partial charge in [0.15, 0.2) is 0 Å². The van der Waals surface area contributed by atoms with Crippen molar-refractivity contribution in [2.75, 3.05) is 85.5 Å². The highest BCUT2D eigenvalue weighted by atomic mass is 19.4. The molecule has 0 atom stereocenters. The number of halogens is 3. The molecule has 8 rings (SSSR count). The van der Waals surface area contributed by atoms with Crippen molar-refractivity contribution in [2.24, 2.45) is 7.05 Å². The zero-order valence-corrected chi connectivity index (χ0v) is 37.9. The highest BCUT2D eigenvalue weighted by Crippen LogP contribution is 2.33. The average molecular weight is 931 g/mol. The molecule has 3 aromatic carbocycles. The molecule has 15 nitrogen and oxygen atoms in total. The third kappa shape index (κ3) is 10.4. The Morgan fingerprint density at radius 3 is 2.12 bits per heavy atom. The number of anilines is 5. The average Bonchev–Trinajstić information content (AvgIpc) is 3.33. The number of hydrogen-bond donors (Lipinski definition) is 2. The van der Waals surface area contributed by atoms with Crippen LogP contribution in [0.2, 0.25) is 0 Å². The van der Waals surface area contributed by atoms with Crippen LogP contribution in [0.4, 0.5) is 41.7 Å². The SMILES string of the molecule is Cc1ccc(NC(=O)c2cccc(C(F)(F)F)c2)cc1-c1cc(N2CCOCC2=O)c(=O)n(CCc2ccc(NC(=O)c3ccnc(N(C)C)c3)cc2-c2cc(N3CCOCC3)c(=O)n(C)c2)c1. The lowest BCUT2D eigenvalue weighted by Crippen LogP contribution is -2.45. The van der Waals surface area contributed by atoms with Crippen LogP contribution in [0.5, 0.6) is 0 Å². The number of aromatic nitrogens is 3. The summed E-state index contributed by atoms with van der Waals surface area (Å²) in [6, 6.07) is 21.4. The second-order valence-electron chi connectivity index (χ2n) is 16.8. The molecule has 3 amide bonds. The Kier molecular flexibility index (Phi) is 13.6. The number of carbonyl (C=O) groups is 3. The monoisotopic (exact) mass is 930 g/mol. The van der Waals surface area contributed by atoms with Gasteiger partial charge in [0, 0.05) is 99.5 Å². The Bertz CT molecular complexity index is 3030. The number of pyridine rings is 3. The quantitative estimate of drug-likeness (QED) is 0.137. The van der Waals surface area contributed by atoms with E-state index in [1.165, 1.54) is 26.2 Å². The molecular weight excluding hydrogens is 882 g/mol. The number of aryl methyl sites for hydroxylation is 4. The molecule has 5 heterocycles. The molecule has 0 radical (unpaired) electrons. The number of ether oxygens (including phenoxy) is 2. The first-order valence-electron chi connectivity index (χ1n) is 21.9. The van der Waals surface area contributed by atoms with Gasteiger partial charge in [0.2, 0.25) is 0 Å². The summed E-state index contributed by atoms with van der Waals surface area (Å²) >= 11 is 0. The first-order valence-corrected chi connectivity index (χ1v) is 21.9. The van der Waals surface area contributed by atoms with Crippen LogP contribution in [0.25, 0.3) is 22.3 Å². The predicted molar refractivity (Wildman–Crippen MR) is 254 cm³/mol. The van der Waals surface area contributed by atoms with Crippen molar-refractivity contribution in [3.63, 3.8) is 0 Å². The Morgan fingerprint density at radius 2 is 1.41 bits per heavy atom. The Balaban J connectivity index is 1.17. The Hall–Kier alpha value is -7.57. The highest BCUT2D eigenvalue weighted by molar-refractivity contribution is 6.05. The van der Waals surface area contributed by atoms with Gasteiger partial charge >= 0.3 is 6.18 Å². The minimum atomic E-state index is -4.63. The van der Waals surface area contributed by atoms with Crippen molar-refractivity contribution in [2.45, 2.75) is 26.1 Å². The van der Waals surface area contributed by atoms with E-state index >= 15 is 0 Å². The lowest BCUT2D eigenvalue weighted by molar-refractivity contribution is -0.137. The van der Waals surface area contributed by atoms with Crippen molar-refractivity contribution in [1.29, 1.82) is 0 Å². The summed E-state index contributed by atoms with van der Waals surface area (Å²) in [6.45, 7) is 4.08. The molecule has 68 heavy (non-hydrogen) atoms. The summed E-state index contributed by atoms with van der Waals surface area (Å²) in [5.74, 6) is -0.889. The maximum Gasteiger partial charge on any atom is 0.416 e. The predicted octanol–water partition coefficient (Wildman–Crippen LogP) is 6.62. The van der Waals surface area contributed by atoms with Crippen molar-refractivity contribution < 1.29 is 37.0 Å². The Labute approximate surface area is 389 Å². The van der Waals surface area contributed by atoms with E-state index < -0.39 is 29.1 Å². The van der Waals surface area contributed by atoms with E-state index in [0.29, 0.717) is 77.0 Å². The lowest BCUT2D eigenvalue weighted by atomic mass is 9.97. The molecule has 0 saturated carbocycles. The van der Waals surface area contributed by atoms with Gasteiger partial charge < -0.3 is 43.9 Å². The number of benzene rings is 3. The maximum atomic E-state index is 14.5. The Morgan fingerprint density at radius 1 is 0.750 bits per heavy atom. The van der Waals surface area contributed by atoms with Gasteiger partial charge in [0.25, 0.3) is 28.8 Å². The van der Waals surface area contributed by atoms with E-state index in [1.54, 1.807) is 73.0 Å². The number of carbonyl (C=O) groups excluding carboxylic acids is 3. The number of nitrogens with one attached hydrogen (secondary N) is 2. The van der Waals surface area contributed by atoms with E-state index in [0.717, 1.165) is 23.3 Å². The number of rotatable bonds is 12. The zero-order chi connectivity index (χ0) is 48.3. The molecule has 2 N–H and O–H groups in total. The van der Waals surface area contributed by atoms with Crippen LogP contribution < -0.4 is 36.5 Å². The normalized spacial score (nSPS) is 14.2. The van der Waals surface area contributed by atoms with Crippen LogP contribution in [0.3, 0.4) is 0 Å². The maximum absolute atomic E-state index is 14.5. The molecule has 18 heteroatoms. The summed E-state index contributed by atoms with van der Waals surface area (Å²) in [4.78, 5) is 77.7. The van der Waals surface area contributed by atoms with Gasteiger partial charge in [-0.15, -0.1) is 0 Å². The molecule has 0 unspecified atom stereocenters. The minimum absolute atomic E-state index is 0.119. The van der Waals surface area contributed by atoms with Crippen LogP contribution in [0.1, 0.15) is 37.4 Å². The summed E-state index contributed by atoms with van der Waals surface area (Å²) in [7, 11) is 5.34. The molecule has 3 aromatic heterocycles. The van der Waals surface area contributed by atoms with E-state index in [-0.39, 0.29) is 55.4 Å². The van der Waals surface area contributed by atoms with Crippen molar-refractivity contribution in [1.82, 2.24) is 14.1 Å². The molecular formula is C50H49F3N8O7. The van der Waals surface area contributed by atoms with E-state index in [1.807, 2.05) is 44.1 Å². The molecule has 0 aliphatic carbocycles. The van der Waals surface area contributed by atoms with Gasteiger partial charge in [0.1, 0.15) is 23.8 Å². The molecule has 2 saturated heterocycles. The molecule has 2 aliphatic rings. The number of morpholine rings is 2. The molecule has 0 spiro atoms. The van der Waals surface area contributed by atoms with Crippen molar-refractivity contribution in [3.05, 3.63) is 152 Å². The largest absolute Gasteiger partial charge is 0.416 e. The summed E-state index contributed by atoms with van der Waals surface area (Å²) in [5.41, 5.74) is 4.10. The van der Waals surface area contributed by atoms with Crippen LogP contribution >= 0.6 is 0 Å². The molecule has 2 fully saturated rings. The fraction of sp³-hybridized carbons (Fsp3) is 0.280. The van der Waals surface area contributed by atoms with Gasteiger partial charge in [-0.05, 0) is 102 Å². The van der Waals surface area contributed by atoms with Crippen LogP contribution in [0.15, 0.2) is 113 Å². The first-order chi connectivity index (χ1) is 32.5. The van der Waals surface area contributed by atoms with Gasteiger partial charge in [-0.3, -0.25) is 24.0 Å². The smallest absolute Gasteiger partial charge is 0.378 e. The molecule has 2 aliphatic heterocycles. The lowest BCUT2D eigenvalue weighted by Gasteiger charge is -2.29.